The minimum atomic E-state index is 0.643. The molecule has 0 aliphatic rings. The maximum absolute atomic E-state index is 5.91. The lowest BCUT2D eigenvalue weighted by Crippen LogP contribution is -2.80. The van der Waals surface area contributed by atoms with Crippen LogP contribution in [-0.4, -0.2) is 41.7 Å². The molecule has 0 saturated heterocycles. The van der Waals surface area contributed by atoms with Crippen molar-refractivity contribution in [3.05, 3.63) is 119 Å². The van der Waals surface area contributed by atoms with Gasteiger partial charge in [-0.2, -0.15) is 0 Å². The van der Waals surface area contributed by atoms with E-state index in [-0.39, 0.29) is 0 Å². The van der Waals surface area contributed by atoms with Gasteiger partial charge in [0.15, 0.2) is 0 Å². The summed E-state index contributed by atoms with van der Waals surface area (Å²) in [5.41, 5.74) is 4.83. The molecule has 0 spiro atoms. The summed E-state index contributed by atoms with van der Waals surface area (Å²) >= 11 is 0. The molecule has 8 heteroatoms. The van der Waals surface area contributed by atoms with Gasteiger partial charge in [-0.1, -0.05) is 12.2 Å². The number of methoxy groups -OCH3 is 4. The van der Waals surface area contributed by atoms with Crippen LogP contribution in [0.4, 0.5) is 0 Å². The van der Waals surface area contributed by atoms with Crippen LogP contribution >= 0.6 is 0 Å². The van der Waals surface area contributed by atoms with E-state index >= 15 is 0 Å². The van der Waals surface area contributed by atoms with Crippen LogP contribution in [-0.2, 0) is 26.2 Å². The Morgan fingerprint density at radius 2 is 0.739 bits per heavy atom. The van der Waals surface area contributed by atoms with Crippen molar-refractivity contribution < 1.29 is 39.1 Å². The molecule has 0 unspecified atom stereocenters. The van der Waals surface area contributed by atoms with Crippen LogP contribution in [0.5, 0.6) is 34.5 Å². The molecule has 8 nitrogen and oxygen atoms in total. The zero-order valence-corrected chi connectivity index (χ0v) is 27.5. The van der Waals surface area contributed by atoms with Gasteiger partial charge in [0.05, 0.1) is 41.7 Å². The fourth-order valence-corrected chi connectivity index (χ4v) is 4.95. The molecule has 4 rings (SSSR count). The number of benzene rings is 4. The van der Waals surface area contributed by atoms with Crippen molar-refractivity contribution in [1.82, 2.24) is 0 Å². The van der Waals surface area contributed by atoms with Crippen LogP contribution in [0.3, 0.4) is 0 Å². The molecule has 0 aliphatic carbocycles. The monoisotopic (exact) mass is 628 g/mol. The van der Waals surface area contributed by atoms with Gasteiger partial charge in [-0.3, -0.25) is 0 Å². The first-order valence-electron chi connectivity index (χ1n) is 15.7. The summed E-state index contributed by atoms with van der Waals surface area (Å²) in [4.78, 5) is 0. The summed E-state index contributed by atoms with van der Waals surface area (Å²) in [6.45, 7) is 4.74. The minimum absolute atomic E-state index is 0.643. The van der Waals surface area contributed by atoms with Crippen molar-refractivity contribution in [3.8, 4) is 34.5 Å². The zero-order valence-electron chi connectivity index (χ0n) is 27.5. The molecule has 4 N–H and O–H groups in total. The lowest BCUT2D eigenvalue weighted by atomic mass is 10.2. The maximum atomic E-state index is 5.91. The summed E-state index contributed by atoms with van der Waals surface area (Å²) in [7, 11) is 6.68. The van der Waals surface area contributed by atoms with Crippen LogP contribution in [0, 0.1) is 0 Å². The highest BCUT2D eigenvalue weighted by atomic mass is 16.5. The molecule has 46 heavy (non-hydrogen) atoms. The van der Waals surface area contributed by atoms with Gasteiger partial charge in [0.2, 0.25) is 0 Å². The molecule has 0 saturated carbocycles. The Kier molecular flexibility index (Phi) is 14.1. The highest BCUT2D eigenvalue weighted by Gasteiger charge is 2.06. The first-order valence-corrected chi connectivity index (χ1v) is 15.7. The van der Waals surface area contributed by atoms with Crippen molar-refractivity contribution >= 4 is 0 Å². The van der Waals surface area contributed by atoms with Gasteiger partial charge in [0, 0.05) is 34.4 Å². The van der Waals surface area contributed by atoms with E-state index < -0.39 is 0 Å². The van der Waals surface area contributed by atoms with Gasteiger partial charge < -0.3 is 39.1 Å². The SMILES string of the molecule is COc1cc(C[NH2+]Cc2ccc(OCC/C=C/CCOc3ccc(C[NH2+]Cc4cc(OC)cc(OC)c4)cc3)cc2)cc(OC)c1. The zero-order chi connectivity index (χ0) is 32.4. The van der Waals surface area contributed by atoms with E-state index in [2.05, 4.69) is 47.1 Å². The second kappa shape index (κ2) is 19.0. The second-order valence-corrected chi connectivity index (χ2v) is 10.9. The Balaban J connectivity index is 1.05. The van der Waals surface area contributed by atoms with Crippen molar-refractivity contribution in [2.75, 3.05) is 41.7 Å². The molecule has 0 heterocycles. The van der Waals surface area contributed by atoms with Gasteiger partial charge in [-0.25, -0.2) is 0 Å². The Morgan fingerprint density at radius 3 is 1.07 bits per heavy atom. The Morgan fingerprint density at radius 1 is 0.413 bits per heavy atom. The predicted molar refractivity (Wildman–Crippen MR) is 180 cm³/mol. The van der Waals surface area contributed by atoms with E-state index in [4.69, 9.17) is 28.4 Å². The number of nitrogens with two attached hydrogens (primary N) is 2. The van der Waals surface area contributed by atoms with E-state index in [0.29, 0.717) is 13.2 Å². The fourth-order valence-electron chi connectivity index (χ4n) is 4.95. The van der Waals surface area contributed by atoms with Crippen molar-refractivity contribution in [1.29, 1.82) is 0 Å². The topological polar surface area (TPSA) is 88.6 Å². The molecule has 0 atom stereocenters. The first-order chi connectivity index (χ1) is 22.6. The van der Waals surface area contributed by atoms with Gasteiger partial charge in [-0.05, 0) is 85.6 Å². The van der Waals surface area contributed by atoms with Gasteiger partial charge in [-0.15, -0.1) is 0 Å². The summed E-state index contributed by atoms with van der Waals surface area (Å²) < 4.78 is 33.3. The Labute approximate surface area is 273 Å². The highest BCUT2D eigenvalue weighted by Crippen LogP contribution is 2.23. The minimum Gasteiger partial charge on any atom is -0.497 e. The summed E-state index contributed by atoms with van der Waals surface area (Å²) in [5, 5.41) is 4.52. The largest absolute Gasteiger partial charge is 0.497 e. The predicted octanol–water partition coefficient (Wildman–Crippen LogP) is 5.04. The van der Waals surface area contributed by atoms with E-state index in [1.807, 2.05) is 60.7 Å². The number of quaternary nitrogens is 2. The third-order valence-electron chi connectivity index (χ3n) is 7.46. The lowest BCUT2D eigenvalue weighted by Gasteiger charge is -2.09. The normalized spacial score (nSPS) is 11.0. The molecule has 0 amide bonds. The smallest absolute Gasteiger partial charge is 0.123 e. The average Bonchev–Trinajstić information content (AvgIpc) is 3.10. The molecular weight excluding hydrogens is 580 g/mol. The molecular formula is C38H48N2O6+2. The van der Waals surface area contributed by atoms with E-state index in [9.17, 15) is 0 Å². The Bertz CT molecular complexity index is 1330. The standard InChI is InChI=1S/C38H46N2O6/c1-41-35-19-31(20-36(23-35)42-2)27-39-25-29-9-13-33(14-10-29)45-17-7-5-6-8-18-46-34-15-11-30(12-16-34)26-40-28-32-21-37(43-3)24-38(22-32)44-4/h5-6,9-16,19-24,39-40H,7-8,17-18,25-28H2,1-4H3/p+2/b6-5+. The van der Waals surface area contributed by atoms with E-state index in [1.54, 1.807) is 28.4 Å². The second-order valence-electron chi connectivity index (χ2n) is 10.9. The molecule has 0 bridgehead atoms. The van der Waals surface area contributed by atoms with Crippen molar-refractivity contribution in [2.24, 2.45) is 0 Å². The van der Waals surface area contributed by atoms with Gasteiger partial charge >= 0.3 is 0 Å². The number of hydrogen-bond donors (Lipinski definition) is 2. The summed E-state index contributed by atoms with van der Waals surface area (Å²) in [6, 6.07) is 28.6. The molecule has 4 aromatic carbocycles. The average molecular weight is 629 g/mol. The Hall–Kier alpha value is -4.66. The molecule has 0 fully saturated rings. The number of hydrogen-bond acceptors (Lipinski definition) is 6. The number of rotatable bonds is 20. The van der Waals surface area contributed by atoms with Gasteiger partial charge in [0.1, 0.15) is 60.7 Å². The molecule has 0 aromatic heterocycles. The van der Waals surface area contributed by atoms with E-state index in [1.165, 1.54) is 22.3 Å². The van der Waals surface area contributed by atoms with Gasteiger partial charge in [0.25, 0.3) is 0 Å². The molecule has 4 aromatic rings. The molecule has 0 aliphatic heterocycles. The van der Waals surface area contributed by atoms with Crippen molar-refractivity contribution in [2.45, 2.75) is 39.0 Å². The third kappa shape index (κ3) is 11.7. The van der Waals surface area contributed by atoms with Crippen LogP contribution in [0.25, 0.3) is 0 Å². The lowest BCUT2D eigenvalue weighted by molar-refractivity contribution is -0.686. The van der Waals surface area contributed by atoms with Crippen LogP contribution in [0.15, 0.2) is 97.1 Å². The molecule has 0 radical (unpaired) electrons. The number of ether oxygens (including phenoxy) is 6. The van der Waals surface area contributed by atoms with Crippen molar-refractivity contribution in [3.63, 3.8) is 0 Å². The van der Waals surface area contributed by atoms with Crippen LogP contribution in [0.2, 0.25) is 0 Å². The fraction of sp³-hybridized carbons (Fsp3) is 0.316. The quantitative estimate of drug-likeness (QED) is 0.105. The molecule has 244 valence electrons. The first kappa shape index (κ1) is 34.2. The maximum Gasteiger partial charge on any atom is 0.123 e. The van der Waals surface area contributed by atoms with Crippen LogP contribution < -0.4 is 39.1 Å². The van der Waals surface area contributed by atoms with E-state index in [0.717, 1.165) is 73.5 Å². The van der Waals surface area contributed by atoms with Crippen LogP contribution in [0.1, 0.15) is 35.1 Å². The third-order valence-corrected chi connectivity index (χ3v) is 7.46. The summed E-state index contributed by atoms with van der Waals surface area (Å²) in [6.07, 6.45) is 6.01. The highest BCUT2D eigenvalue weighted by molar-refractivity contribution is 5.39. The summed E-state index contributed by atoms with van der Waals surface area (Å²) in [5.74, 6) is 5.01.